The van der Waals surface area contributed by atoms with Crippen LogP contribution in [-0.2, 0) is 24.4 Å². The molecule has 9 heteroatoms. The maximum absolute atomic E-state index is 11.4. The molecular weight excluding hydrogens is 285 g/mol. The van der Waals surface area contributed by atoms with Gasteiger partial charge in [-0.15, -0.1) is 0 Å². The van der Waals surface area contributed by atoms with Crippen LogP contribution >= 0.6 is 0 Å². The van der Waals surface area contributed by atoms with E-state index in [4.69, 9.17) is 10.3 Å². The van der Waals surface area contributed by atoms with E-state index < -0.39 is 33.9 Å². The Morgan fingerprint density at radius 1 is 1.47 bits per heavy atom. The average molecular weight is 301 g/mol. The molecule has 19 heavy (non-hydrogen) atoms. The summed E-state index contributed by atoms with van der Waals surface area (Å²) in [6, 6.07) is 0. The summed E-state index contributed by atoms with van der Waals surface area (Å²) >= 11 is 0. The van der Waals surface area contributed by atoms with Crippen molar-refractivity contribution in [2.24, 2.45) is 5.73 Å². The van der Waals surface area contributed by atoms with Gasteiger partial charge in [0.1, 0.15) is 5.25 Å². The maximum atomic E-state index is 11.4. The molecule has 0 spiro atoms. The predicted octanol–water partition coefficient (Wildman–Crippen LogP) is -3.09. The number of hydrogen-bond donors (Lipinski definition) is 2. The summed E-state index contributed by atoms with van der Waals surface area (Å²) in [6.07, 6.45) is 0.795. The molecular formula is C10H16NNaO6S. The van der Waals surface area contributed by atoms with E-state index in [0.717, 1.165) is 6.08 Å². The van der Waals surface area contributed by atoms with E-state index in [1.807, 2.05) is 0 Å². The largest absolute Gasteiger partial charge is 1.00 e. The molecule has 7 nitrogen and oxygen atoms in total. The van der Waals surface area contributed by atoms with Gasteiger partial charge in [0.2, 0.25) is 0 Å². The zero-order valence-corrected chi connectivity index (χ0v) is 13.9. The maximum Gasteiger partial charge on any atom is 1.00 e. The number of rotatable bonds is 5. The van der Waals surface area contributed by atoms with E-state index in [1.54, 1.807) is 0 Å². The topological polar surface area (TPSA) is 124 Å². The van der Waals surface area contributed by atoms with Crippen molar-refractivity contribution in [3.8, 4) is 0 Å². The molecule has 0 aliphatic heterocycles. The smallest absolute Gasteiger partial charge is 1.00 e. The van der Waals surface area contributed by atoms with Crippen LogP contribution in [0.15, 0.2) is 23.8 Å². The fourth-order valence-electron chi connectivity index (χ4n) is 1.13. The van der Waals surface area contributed by atoms with Crippen LogP contribution in [-0.4, -0.2) is 36.7 Å². The fourth-order valence-corrected chi connectivity index (χ4v) is 2.00. The molecule has 104 valence electrons. The molecule has 0 saturated heterocycles. The van der Waals surface area contributed by atoms with Crippen LogP contribution in [0.25, 0.3) is 0 Å². The van der Waals surface area contributed by atoms with Gasteiger partial charge in [-0.25, -0.2) is 9.59 Å². The summed E-state index contributed by atoms with van der Waals surface area (Å²) in [5.74, 6) is -1.97. The Labute approximate surface area is 135 Å². The van der Waals surface area contributed by atoms with Gasteiger partial charge in [0.25, 0.3) is 10.1 Å². The molecule has 0 aromatic heterocycles. The second-order valence-electron chi connectivity index (χ2n) is 3.46. The van der Waals surface area contributed by atoms with E-state index >= 15 is 0 Å². The minimum atomic E-state index is -4.42. The Morgan fingerprint density at radius 2 is 1.95 bits per heavy atom. The van der Waals surface area contributed by atoms with Gasteiger partial charge in [0.05, 0.1) is 0 Å². The third-order valence-electron chi connectivity index (χ3n) is 2.31. The first-order valence-corrected chi connectivity index (χ1v) is 6.37. The van der Waals surface area contributed by atoms with Crippen molar-refractivity contribution in [2.45, 2.75) is 19.1 Å². The molecule has 0 aliphatic carbocycles. The minimum Gasteiger partial charge on any atom is -1.00 e. The summed E-state index contributed by atoms with van der Waals surface area (Å²) in [7, 11) is -4.42. The van der Waals surface area contributed by atoms with Crippen LogP contribution in [0.1, 0.15) is 15.3 Å². The molecule has 0 radical (unpaired) electrons. The third-order valence-corrected chi connectivity index (χ3v) is 3.58. The Morgan fingerprint density at radius 3 is 2.26 bits per heavy atom. The van der Waals surface area contributed by atoms with Crippen molar-refractivity contribution in [2.75, 3.05) is 6.54 Å². The molecule has 1 unspecified atom stereocenters. The normalized spacial score (nSPS) is 13.7. The average Bonchev–Trinajstić information content (AvgIpc) is 2.26. The van der Waals surface area contributed by atoms with Crippen molar-refractivity contribution in [3.05, 3.63) is 23.8 Å². The molecule has 0 bridgehead atoms. The Kier molecular flexibility index (Phi) is 9.44. The van der Waals surface area contributed by atoms with E-state index in [9.17, 15) is 18.0 Å². The van der Waals surface area contributed by atoms with Crippen molar-refractivity contribution >= 4 is 22.1 Å². The van der Waals surface area contributed by atoms with Gasteiger partial charge < -0.3 is 11.9 Å². The number of hydrogen-bond acceptors (Lipinski definition) is 6. The third kappa shape index (κ3) is 6.46. The van der Waals surface area contributed by atoms with Crippen LogP contribution in [0.2, 0.25) is 0 Å². The second-order valence-corrected chi connectivity index (χ2v) is 5.06. The molecule has 0 saturated carbocycles. The monoisotopic (exact) mass is 301 g/mol. The Balaban J connectivity index is -0.00000144. The second kappa shape index (κ2) is 8.62. The summed E-state index contributed by atoms with van der Waals surface area (Å²) in [5, 5.41) is -1.41. The van der Waals surface area contributed by atoms with E-state index in [2.05, 4.69) is 11.3 Å². The van der Waals surface area contributed by atoms with Crippen LogP contribution in [0.5, 0.6) is 0 Å². The Bertz CT molecular complexity index is 502. The van der Waals surface area contributed by atoms with E-state index in [1.165, 1.54) is 13.8 Å². The molecule has 3 N–H and O–H groups in total. The van der Waals surface area contributed by atoms with Crippen LogP contribution in [0.4, 0.5) is 0 Å². The van der Waals surface area contributed by atoms with E-state index in [-0.39, 0.29) is 42.1 Å². The summed E-state index contributed by atoms with van der Waals surface area (Å²) in [4.78, 5) is 22.2. The van der Waals surface area contributed by atoms with Crippen molar-refractivity contribution in [1.29, 1.82) is 0 Å². The van der Waals surface area contributed by atoms with E-state index in [0.29, 0.717) is 0 Å². The first kappa shape index (κ1) is 20.8. The molecule has 0 rings (SSSR count). The van der Waals surface area contributed by atoms with Gasteiger partial charge in [-0.1, -0.05) is 6.58 Å². The summed E-state index contributed by atoms with van der Waals surface area (Å²) in [6.45, 7) is 5.28. The van der Waals surface area contributed by atoms with Gasteiger partial charge in [-0.05, 0) is 19.4 Å². The van der Waals surface area contributed by atoms with Gasteiger partial charge in [-0.2, -0.15) is 8.42 Å². The molecule has 0 aromatic rings. The molecule has 1 atom stereocenters. The van der Waals surface area contributed by atoms with Crippen molar-refractivity contribution < 1.29 is 58.3 Å². The summed E-state index contributed by atoms with van der Waals surface area (Å²) in [5.41, 5.74) is 5.12. The summed E-state index contributed by atoms with van der Waals surface area (Å²) < 4.78 is 35.3. The standard InChI is InChI=1S/C10H15NO6S.Na.H/c1-4-9(12)17-10(13)7(3)6(2)8(5-11)18(14,15)16;;/h4,8H,1,5,11H2,2-3H3,(H,14,15,16);;/q;+1;-1. The minimum absolute atomic E-state index is 0. The number of ether oxygens (including phenoxy) is 1. The molecule has 0 aromatic carbocycles. The van der Waals surface area contributed by atoms with Gasteiger partial charge in [0, 0.05) is 18.2 Å². The quantitative estimate of drug-likeness (QED) is 0.181. The van der Waals surface area contributed by atoms with Crippen molar-refractivity contribution in [3.63, 3.8) is 0 Å². The number of esters is 2. The molecule has 0 fully saturated rings. The molecule has 0 aliphatic rings. The zero-order chi connectivity index (χ0) is 14.5. The fraction of sp³-hybridized carbons (Fsp3) is 0.400. The number of nitrogens with two attached hydrogens (primary N) is 1. The Hall–Kier alpha value is -0.510. The zero-order valence-electron chi connectivity index (χ0n) is 12.0. The van der Waals surface area contributed by atoms with Gasteiger partial charge in [0.15, 0.2) is 0 Å². The predicted molar refractivity (Wildman–Crippen MR) is 65.2 cm³/mol. The molecule has 0 heterocycles. The van der Waals surface area contributed by atoms with Crippen molar-refractivity contribution in [1.82, 2.24) is 0 Å². The van der Waals surface area contributed by atoms with Gasteiger partial charge >= 0.3 is 41.5 Å². The number of carbonyl (C=O) groups excluding carboxylic acids is 2. The first-order chi connectivity index (χ1) is 8.15. The van der Waals surface area contributed by atoms with Crippen LogP contribution < -0.4 is 35.3 Å². The van der Waals surface area contributed by atoms with Crippen LogP contribution in [0, 0.1) is 0 Å². The first-order valence-electron chi connectivity index (χ1n) is 4.87. The molecule has 0 amide bonds. The SMILES string of the molecule is C=CC(=O)OC(=O)C(C)=C(C)C(CN)S(=O)(=O)O.[H-].[Na+]. The number of carbonyl (C=O) groups is 2. The van der Waals surface area contributed by atoms with Crippen LogP contribution in [0.3, 0.4) is 0 Å². The van der Waals surface area contributed by atoms with Gasteiger partial charge in [-0.3, -0.25) is 4.55 Å².